The summed E-state index contributed by atoms with van der Waals surface area (Å²) in [6, 6.07) is 0.444. The summed E-state index contributed by atoms with van der Waals surface area (Å²) in [5, 5.41) is 1.03. The van der Waals surface area contributed by atoms with Gasteiger partial charge in [-0.05, 0) is 50.9 Å². The molecule has 1 saturated heterocycles. The summed E-state index contributed by atoms with van der Waals surface area (Å²) in [5.74, 6) is 1.36. The Labute approximate surface area is 91.6 Å². The van der Waals surface area contributed by atoms with Crippen molar-refractivity contribution in [1.82, 2.24) is 4.90 Å². The Bertz CT molecular complexity index is 171. The Morgan fingerprint density at radius 1 is 1.29 bits per heavy atom. The summed E-state index contributed by atoms with van der Waals surface area (Å²) < 4.78 is 0. The third-order valence-corrected chi connectivity index (χ3v) is 4.51. The molecular formula is C11H22N2S. The first-order valence-electron chi connectivity index (χ1n) is 5.94. The molecule has 0 aromatic carbocycles. The van der Waals surface area contributed by atoms with Crippen molar-refractivity contribution in [3.63, 3.8) is 0 Å². The Morgan fingerprint density at radius 2 is 2.14 bits per heavy atom. The summed E-state index contributed by atoms with van der Waals surface area (Å²) in [5.41, 5.74) is 5.94. The zero-order chi connectivity index (χ0) is 9.80. The van der Waals surface area contributed by atoms with Crippen LogP contribution in [0.4, 0.5) is 0 Å². The predicted octanol–water partition coefficient (Wildman–Crippen LogP) is 1.70. The zero-order valence-electron chi connectivity index (χ0n) is 8.95. The first-order valence-corrected chi connectivity index (χ1v) is 6.99. The average Bonchev–Trinajstić information content (AvgIpc) is 2.96. The second kappa shape index (κ2) is 5.38. The fraction of sp³-hybridized carbons (Fsp3) is 1.00. The first-order chi connectivity index (χ1) is 6.84. The molecule has 0 aromatic heterocycles. The molecule has 2 fully saturated rings. The number of nitrogens with two attached hydrogens (primary N) is 1. The molecule has 1 atom stereocenters. The molecule has 0 radical (unpaired) electrons. The maximum absolute atomic E-state index is 5.94. The molecular weight excluding hydrogens is 192 g/mol. The maximum atomic E-state index is 5.94. The van der Waals surface area contributed by atoms with E-state index in [4.69, 9.17) is 5.73 Å². The molecule has 1 saturated carbocycles. The van der Waals surface area contributed by atoms with E-state index in [9.17, 15) is 0 Å². The van der Waals surface area contributed by atoms with E-state index in [2.05, 4.69) is 16.7 Å². The van der Waals surface area contributed by atoms with Crippen LogP contribution in [0.1, 0.15) is 32.1 Å². The minimum absolute atomic E-state index is 0.444. The van der Waals surface area contributed by atoms with E-state index < -0.39 is 0 Å². The van der Waals surface area contributed by atoms with Crippen LogP contribution < -0.4 is 5.73 Å². The van der Waals surface area contributed by atoms with Gasteiger partial charge in [-0.2, -0.15) is 11.8 Å². The molecule has 0 spiro atoms. The molecule has 1 aliphatic carbocycles. The molecule has 3 heteroatoms. The molecule has 0 bridgehead atoms. The quantitative estimate of drug-likeness (QED) is 0.706. The van der Waals surface area contributed by atoms with Crippen molar-refractivity contribution < 1.29 is 0 Å². The van der Waals surface area contributed by atoms with Crippen LogP contribution in [0.5, 0.6) is 0 Å². The first kappa shape index (κ1) is 10.8. The highest BCUT2D eigenvalue weighted by molar-refractivity contribution is 8.00. The van der Waals surface area contributed by atoms with Gasteiger partial charge < -0.3 is 10.6 Å². The van der Waals surface area contributed by atoms with Gasteiger partial charge in [-0.3, -0.25) is 0 Å². The van der Waals surface area contributed by atoms with Gasteiger partial charge in [0.1, 0.15) is 0 Å². The van der Waals surface area contributed by atoms with Crippen LogP contribution in [0.3, 0.4) is 0 Å². The molecule has 0 aromatic rings. The molecule has 0 amide bonds. The number of nitrogens with zero attached hydrogens (tertiary/aromatic N) is 1. The molecule has 82 valence electrons. The van der Waals surface area contributed by atoms with E-state index in [1.807, 2.05) is 0 Å². The highest BCUT2D eigenvalue weighted by Crippen LogP contribution is 2.34. The molecule has 1 unspecified atom stereocenters. The fourth-order valence-electron chi connectivity index (χ4n) is 2.07. The van der Waals surface area contributed by atoms with E-state index in [0.717, 1.165) is 11.8 Å². The van der Waals surface area contributed by atoms with E-state index in [1.54, 1.807) is 0 Å². The molecule has 2 N–H and O–H groups in total. The minimum Gasteiger partial charge on any atom is -0.327 e. The smallest absolute Gasteiger partial charge is 0.0168 e. The topological polar surface area (TPSA) is 29.3 Å². The standard InChI is InChI=1S/C11H22N2S/c12-10-3-1-6-13(9-10)7-2-8-14-11-4-5-11/h10-11H,1-9,12H2. The fourth-order valence-corrected chi connectivity index (χ4v) is 3.17. The summed E-state index contributed by atoms with van der Waals surface area (Å²) in [6.07, 6.45) is 6.83. The second-order valence-electron chi connectivity index (χ2n) is 4.63. The van der Waals surface area contributed by atoms with Crippen molar-refractivity contribution in [2.75, 3.05) is 25.4 Å². The van der Waals surface area contributed by atoms with Crippen LogP contribution in [0.2, 0.25) is 0 Å². The lowest BCUT2D eigenvalue weighted by molar-refractivity contribution is 0.210. The van der Waals surface area contributed by atoms with Crippen molar-refractivity contribution in [3.8, 4) is 0 Å². The van der Waals surface area contributed by atoms with Crippen molar-refractivity contribution in [2.24, 2.45) is 5.73 Å². The molecule has 14 heavy (non-hydrogen) atoms. The average molecular weight is 214 g/mol. The predicted molar refractivity (Wildman–Crippen MR) is 63.7 cm³/mol. The van der Waals surface area contributed by atoms with E-state index in [0.29, 0.717) is 6.04 Å². The lowest BCUT2D eigenvalue weighted by Gasteiger charge is -2.30. The lowest BCUT2D eigenvalue weighted by atomic mass is 10.1. The third kappa shape index (κ3) is 3.79. The number of hydrogen-bond donors (Lipinski definition) is 1. The normalized spacial score (nSPS) is 29.4. The van der Waals surface area contributed by atoms with Gasteiger partial charge in [0.25, 0.3) is 0 Å². The van der Waals surface area contributed by atoms with Crippen LogP contribution in [0.25, 0.3) is 0 Å². The number of hydrogen-bond acceptors (Lipinski definition) is 3. The Morgan fingerprint density at radius 3 is 2.86 bits per heavy atom. The number of thioether (sulfide) groups is 1. The Kier molecular flexibility index (Phi) is 4.14. The van der Waals surface area contributed by atoms with Gasteiger partial charge in [-0.15, -0.1) is 0 Å². The van der Waals surface area contributed by atoms with Gasteiger partial charge in [-0.1, -0.05) is 0 Å². The summed E-state index contributed by atoms with van der Waals surface area (Å²) in [7, 11) is 0. The van der Waals surface area contributed by atoms with Crippen LogP contribution in [0, 0.1) is 0 Å². The van der Waals surface area contributed by atoms with Crippen molar-refractivity contribution in [3.05, 3.63) is 0 Å². The van der Waals surface area contributed by atoms with Crippen LogP contribution in [-0.2, 0) is 0 Å². The van der Waals surface area contributed by atoms with Crippen molar-refractivity contribution in [1.29, 1.82) is 0 Å². The van der Waals surface area contributed by atoms with Gasteiger partial charge in [0.05, 0.1) is 0 Å². The van der Waals surface area contributed by atoms with Crippen molar-refractivity contribution >= 4 is 11.8 Å². The minimum atomic E-state index is 0.444. The largest absolute Gasteiger partial charge is 0.327 e. The number of piperidine rings is 1. The summed E-state index contributed by atoms with van der Waals surface area (Å²) in [4.78, 5) is 2.54. The maximum Gasteiger partial charge on any atom is 0.0168 e. The Balaban J connectivity index is 1.50. The van der Waals surface area contributed by atoms with E-state index >= 15 is 0 Å². The van der Waals surface area contributed by atoms with Crippen LogP contribution in [-0.4, -0.2) is 41.6 Å². The lowest BCUT2D eigenvalue weighted by Crippen LogP contribution is -2.43. The highest BCUT2D eigenvalue weighted by Gasteiger charge is 2.21. The zero-order valence-corrected chi connectivity index (χ0v) is 9.77. The van der Waals surface area contributed by atoms with Gasteiger partial charge in [0.2, 0.25) is 0 Å². The summed E-state index contributed by atoms with van der Waals surface area (Å²) >= 11 is 2.17. The second-order valence-corrected chi connectivity index (χ2v) is 6.03. The molecule has 1 aliphatic heterocycles. The number of rotatable bonds is 5. The van der Waals surface area contributed by atoms with Crippen molar-refractivity contribution in [2.45, 2.75) is 43.4 Å². The van der Waals surface area contributed by atoms with Crippen LogP contribution >= 0.6 is 11.8 Å². The van der Waals surface area contributed by atoms with Gasteiger partial charge >= 0.3 is 0 Å². The van der Waals surface area contributed by atoms with Gasteiger partial charge in [0, 0.05) is 17.8 Å². The van der Waals surface area contributed by atoms with E-state index in [1.165, 1.54) is 50.9 Å². The monoisotopic (exact) mass is 214 g/mol. The molecule has 1 heterocycles. The third-order valence-electron chi connectivity index (χ3n) is 3.04. The molecule has 2 aliphatic rings. The Hall–Kier alpha value is 0.270. The molecule has 2 nitrogen and oxygen atoms in total. The highest BCUT2D eigenvalue weighted by atomic mass is 32.2. The molecule has 2 rings (SSSR count). The SMILES string of the molecule is NC1CCCN(CCCSC2CC2)C1. The van der Waals surface area contributed by atoms with Crippen LogP contribution in [0.15, 0.2) is 0 Å². The number of likely N-dealkylation sites (tertiary alicyclic amines) is 1. The van der Waals surface area contributed by atoms with Gasteiger partial charge in [-0.25, -0.2) is 0 Å². The summed E-state index contributed by atoms with van der Waals surface area (Å²) in [6.45, 7) is 3.68. The van der Waals surface area contributed by atoms with E-state index in [-0.39, 0.29) is 0 Å². The van der Waals surface area contributed by atoms with Gasteiger partial charge in [0.15, 0.2) is 0 Å².